The molecule has 0 unspecified atom stereocenters. The Bertz CT molecular complexity index is 737. The minimum Gasteiger partial charge on any atom is -0.351 e. The zero-order chi connectivity index (χ0) is 18.6. The number of nitrogens with one attached hydrogen (secondary N) is 1. The number of alkyl halides is 3. The van der Waals surface area contributed by atoms with Crippen molar-refractivity contribution in [1.82, 2.24) is 5.16 Å². The molecule has 0 saturated heterocycles. The highest BCUT2D eigenvalue weighted by atomic mass is 19.4. The van der Waals surface area contributed by atoms with E-state index in [1.807, 2.05) is 13.8 Å². The Hall–Kier alpha value is -2.35. The lowest BCUT2D eigenvalue weighted by atomic mass is 9.99. The van der Waals surface area contributed by atoms with Gasteiger partial charge in [0.05, 0.1) is 11.3 Å². The molecule has 0 radical (unpaired) electrons. The second kappa shape index (κ2) is 7.69. The lowest BCUT2D eigenvalue weighted by Crippen LogP contribution is -2.14. The third-order valence-electron chi connectivity index (χ3n) is 3.97. The maximum atomic E-state index is 12.9. The summed E-state index contributed by atoms with van der Waals surface area (Å²) in [7, 11) is 0. The third-order valence-corrected chi connectivity index (χ3v) is 3.97. The van der Waals surface area contributed by atoms with Crippen LogP contribution in [0.25, 0.3) is 0 Å². The van der Waals surface area contributed by atoms with Crippen LogP contribution in [-0.4, -0.2) is 11.1 Å². The molecule has 1 aromatic carbocycles. The van der Waals surface area contributed by atoms with E-state index >= 15 is 0 Å². The van der Waals surface area contributed by atoms with Crippen molar-refractivity contribution in [2.75, 3.05) is 5.32 Å². The van der Waals surface area contributed by atoms with E-state index in [1.165, 1.54) is 12.1 Å². The number of hydrogen-bond donors (Lipinski definition) is 2. The Morgan fingerprint density at radius 1 is 1.24 bits per heavy atom. The van der Waals surface area contributed by atoms with Crippen LogP contribution in [0.15, 0.2) is 28.8 Å². The van der Waals surface area contributed by atoms with Gasteiger partial charge in [-0.05, 0) is 36.6 Å². The van der Waals surface area contributed by atoms with Crippen LogP contribution in [0.1, 0.15) is 60.0 Å². The smallest absolute Gasteiger partial charge is 0.351 e. The first-order valence-electron chi connectivity index (χ1n) is 7.97. The van der Waals surface area contributed by atoms with Gasteiger partial charge in [-0.25, -0.2) is 0 Å². The summed E-state index contributed by atoms with van der Waals surface area (Å²) in [6.45, 7) is 3.92. The van der Waals surface area contributed by atoms with Crippen LogP contribution >= 0.6 is 0 Å². The standard InChI is InChI=1S/C17H20F3N3O2/c1-3-11(4-2)14-8-15(25-23-14)16(24)22-13-6-10(9-21)5-12(7-13)17(18,19)20/h5-8,11H,3-4,9,21H2,1-2H3,(H,22,24). The average molecular weight is 355 g/mol. The first-order chi connectivity index (χ1) is 11.8. The molecule has 1 amide bonds. The van der Waals surface area contributed by atoms with Crippen LogP contribution in [0.3, 0.4) is 0 Å². The highest BCUT2D eigenvalue weighted by Crippen LogP contribution is 2.32. The van der Waals surface area contributed by atoms with Crippen molar-refractivity contribution in [3.05, 3.63) is 46.8 Å². The largest absolute Gasteiger partial charge is 0.416 e. The molecule has 0 bridgehead atoms. The van der Waals surface area contributed by atoms with Gasteiger partial charge in [-0.1, -0.05) is 19.0 Å². The number of benzene rings is 1. The summed E-state index contributed by atoms with van der Waals surface area (Å²) in [4.78, 5) is 12.2. The predicted molar refractivity (Wildman–Crippen MR) is 87.1 cm³/mol. The van der Waals surface area contributed by atoms with Crippen LogP contribution in [0, 0.1) is 0 Å². The number of rotatable bonds is 6. The first kappa shape index (κ1) is 19.0. The number of anilines is 1. The van der Waals surface area contributed by atoms with Crippen LogP contribution in [-0.2, 0) is 12.7 Å². The highest BCUT2D eigenvalue weighted by molar-refractivity contribution is 6.02. The number of hydrogen-bond acceptors (Lipinski definition) is 4. The predicted octanol–water partition coefficient (Wildman–Crippen LogP) is 4.31. The third kappa shape index (κ3) is 4.60. The van der Waals surface area contributed by atoms with Crippen LogP contribution < -0.4 is 11.1 Å². The van der Waals surface area contributed by atoms with Gasteiger partial charge in [0.15, 0.2) is 0 Å². The van der Waals surface area contributed by atoms with E-state index in [4.69, 9.17) is 10.3 Å². The Balaban J connectivity index is 2.23. The van der Waals surface area contributed by atoms with E-state index in [-0.39, 0.29) is 29.5 Å². The van der Waals surface area contributed by atoms with Gasteiger partial charge in [0, 0.05) is 24.2 Å². The maximum absolute atomic E-state index is 12.9. The van der Waals surface area contributed by atoms with Crippen molar-refractivity contribution < 1.29 is 22.5 Å². The lowest BCUT2D eigenvalue weighted by Gasteiger charge is -2.11. The monoisotopic (exact) mass is 355 g/mol. The molecule has 5 nitrogen and oxygen atoms in total. The summed E-state index contributed by atoms with van der Waals surface area (Å²) in [5.74, 6) is -0.539. The van der Waals surface area contributed by atoms with E-state index in [1.54, 1.807) is 0 Å². The van der Waals surface area contributed by atoms with Crippen LogP contribution in [0.2, 0.25) is 0 Å². The fraction of sp³-hybridized carbons (Fsp3) is 0.412. The van der Waals surface area contributed by atoms with E-state index in [0.717, 1.165) is 25.0 Å². The van der Waals surface area contributed by atoms with Gasteiger partial charge < -0.3 is 15.6 Å². The number of nitrogens with zero attached hydrogens (tertiary/aromatic N) is 1. The quantitative estimate of drug-likeness (QED) is 0.809. The molecule has 0 aliphatic heterocycles. The van der Waals surface area contributed by atoms with E-state index < -0.39 is 17.6 Å². The maximum Gasteiger partial charge on any atom is 0.416 e. The van der Waals surface area contributed by atoms with Crippen molar-refractivity contribution in [2.24, 2.45) is 5.73 Å². The topological polar surface area (TPSA) is 81.2 Å². The average Bonchev–Trinajstić information content (AvgIpc) is 3.05. The Labute approximate surface area is 143 Å². The summed E-state index contributed by atoms with van der Waals surface area (Å²) in [6.07, 6.45) is -2.84. The zero-order valence-corrected chi connectivity index (χ0v) is 14.0. The lowest BCUT2D eigenvalue weighted by molar-refractivity contribution is -0.137. The number of nitrogens with two attached hydrogens (primary N) is 1. The molecule has 25 heavy (non-hydrogen) atoms. The van der Waals surface area contributed by atoms with Gasteiger partial charge in [0.25, 0.3) is 5.91 Å². The molecule has 2 aromatic rings. The second-order valence-corrected chi connectivity index (χ2v) is 5.70. The molecule has 2 rings (SSSR count). The van der Waals surface area contributed by atoms with Crippen LogP contribution in [0.5, 0.6) is 0 Å². The molecule has 1 heterocycles. The Kier molecular flexibility index (Phi) is 5.84. The summed E-state index contributed by atoms with van der Waals surface area (Å²) in [5, 5.41) is 6.28. The van der Waals surface area contributed by atoms with Crippen molar-refractivity contribution in [3.8, 4) is 0 Å². The highest BCUT2D eigenvalue weighted by Gasteiger charge is 2.31. The number of carbonyl (C=O) groups excluding carboxylic acids is 1. The minimum atomic E-state index is -4.53. The van der Waals surface area contributed by atoms with E-state index in [0.29, 0.717) is 5.69 Å². The van der Waals surface area contributed by atoms with Gasteiger partial charge in [0.1, 0.15) is 0 Å². The van der Waals surface area contributed by atoms with Crippen molar-refractivity contribution in [2.45, 2.75) is 45.3 Å². The number of amides is 1. The van der Waals surface area contributed by atoms with E-state index in [2.05, 4.69) is 10.5 Å². The van der Waals surface area contributed by atoms with Gasteiger partial charge >= 0.3 is 6.18 Å². The molecule has 136 valence electrons. The second-order valence-electron chi connectivity index (χ2n) is 5.70. The molecule has 0 fully saturated rings. The molecule has 0 atom stereocenters. The number of halogens is 3. The summed E-state index contributed by atoms with van der Waals surface area (Å²) in [5.41, 5.74) is 5.48. The van der Waals surface area contributed by atoms with Gasteiger partial charge in [-0.15, -0.1) is 0 Å². The number of aromatic nitrogens is 1. The van der Waals surface area contributed by atoms with Crippen LogP contribution in [0.4, 0.5) is 18.9 Å². The number of carbonyl (C=O) groups is 1. The molecule has 1 aromatic heterocycles. The van der Waals surface area contributed by atoms with Crippen molar-refractivity contribution in [1.29, 1.82) is 0 Å². The minimum absolute atomic E-state index is 0.000702. The fourth-order valence-electron chi connectivity index (χ4n) is 2.53. The Morgan fingerprint density at radius 3 is 2.48 bits per heavy atom. The molecule has 0 aliphatic carbocycles. The summed E-state index contributed by atoms with van der Waals surface area (Å²) >= 11 is 0. The molecule has 8 heteroatoms. The van der Waals surface area contributed by atoms with Gasteiger partial charge in [-0.2, -0.15) is 13.2 Å². The SMILES string of the molecule is CCC(CC)c1cc(C(=O)Nc2cc(CN)cc(C(F)(F)F)c2)on1. The molecule has 0 aliphatic rings. The molecule has 0 spiro atoms. The van der Waals surface area contributed by atoms with Crippen molar-refractivity contribution >= 4 is 11.6 Å². The molecule has 3 N–H and O–H groups in total. The van der Waals surface area contributed by atoms with E-state index in [9.17, 15) is 18.0 Å². The molecular weight excluding hydrogens is 335 g/mol. The summed E-state index contributed by atoms with van der Waals surface area (Å²) < 4.78 is 43.8. The fourth-order valence-corrected chi connectivity index (χ4v) is 2.53. The molecule has 0 saturated carbocycles. The van der Waals surface area contributed by atoms with Crippen molar-refractivity contribution in [3.63, 3.8) is 0 Å². The first-order valence-corrected chi connectivity index (χ1v) is 7.97. The van der Waals surface area contributed by atoms with Gasteiger partial charge in [-0.3, -0.25) is 4.79 Å². The van der Waals surface area contributed by atoms with Gasteiger partial charge in [0.2, 0.25) is 5.76 Å². The normalized spacial score (nSPS) is 11.8. The summed E-state index contributed by atoms with van der Waals surface area (Å²) in [6, 6.07) is 4.72. The molecular formula is C17H20F3N3O2. The zero-order valence-electron chi connectivity index (χ0n) is 14.0. The Morgan fingerprint density at radius 2 is 1.92 bits per heavy atom.